The maximum Gasteiger partial charge on any atom is 0.230 e. The van der Waals surface area contributed by atoms with Crippen LogP contribution in [-0.2, 0) is 22.7 Å². The highest BCUT2D eigenvalue weighted by Crippen LogP contribution is 2.33. The van der Waals surface area contributed by atoms with Crippen LogP contribution in [0.3, 0.4) is 0 Å². The van der Waals surface area contributed by atoms with Crippen molar-refractivity contribution in [3.63, 3.8) is 0 Å². The molecule has 3 heterocycles. The molecule has 1 aliphatic rings. The highest BCUT2D eigenvalue weighted by molar-refractivity contribution is 7.09. The number of nitrogens with one attached hydrogen (secondary N) is 1. The number of rotatable bonds is 7. The third-order valence-corrected chi connectivity index (χ3v) is 6.20. The molecule has 1 aliphatic heterocycles. The van der Waals surface area contributed by atoms with Gasteiger partial charge in [-0.05, 0) is 13.0 Å². The van der Waals surface area contributed by atoms with E-state index in [2.05, 4.69) is 15.3 Å². The van der Waals surface area contributed by atoms with Gasteiger partial charge in [0.15, 0.2) is 0 Å². The number of nitrogens with zero attached hydrogens (tertiary/aromatic N) is 4. The van der Waals surface area contributed by atoms with Crippen molar-refractivity contribution < 1.29 is 9.59 Å². The quantitative estimate of drug-likeness (QED) is 0.630. The molecule has 1 unspecified atom stereocenters. The molecule has 29 heavy (non-hydrogen) atoms. The Hall–Kier alpha value is -0.970. The van der Waals surface area contributed by atoms with E-state index in [1.54, 1.807) is 36.3 Å². The van der Waals surface area contributed by atoms with E-state index in [9.17, 15) is 9.59 Å². The van der Waals surface area contributed by atoms with Gasteiger partial charge < -0.3 is 15.1 Å². The minimum Gasteiger partial charge on any atom is -0.339 e. The third-order valence-electron chi connectivity index (χ3n) is 4.67. The second-order valence-corrected chi connectivity index (χ2v) is 8.60. The summed E-state index contributed by atoms with van der Waals surface area (Å²) in [6, 6.07) is 0. The fourth-order valence-corrected chi connectivity index (χ4v) is 4.55. The summed E-state index contributed by atoms with van der Waals surface area (Å²) in [5.41, 5.74) is -0.680. The molecule has 2 aromatic heterocycles. The molecule has 3 rings (SSSR count). The molecular weight excluding hydrogens is 477 g/mol. The van der Waals surface area contributed by atoms with Crippen LogP contribution in [0.5, 0.6) is 0 Å². The third kappa shape index (κ3) is 7.04. The zero-order valence-corrected chi connectivity index (χ0v) is 20.3. The van der Waals surface area contributed by atoms with Crippen LogP contribution < -0.4 is 5.32 Å². The Kier molecular flexibility index (Phi) is 12.2. The summed E-state index contributed by atoms with van der Waals surface area (Å²) in [6.45, 7) is 2.23. The van der Waals surface area contributed by atoms with E-state index in [4.69, 9.17) is 0 Å². The minimum atomic E-state index is -0.680. The number of carbonyl (C=O) groups is 2. The van der Waals surface area contributed by atoms with Gasteiger partial charge in [-0.3, -0.25) is 9.59 Å². The van der Waals surface area contributed by atoms with E-state index in [0.717, 1.165) is 16.6 Å². The number of thiazole rings is 2. The molecule has 1 atom stereocenters. The summed E-state index contributed by atoms with van der Waals surface area (Å²) in [7, 11) is 3.55. The Morgan fingerprint density at radius 1 is 1.03 bits per heavy atom. The highest BCUT2D eigenvalue weighted by atomic mass is 35.5. The lowest BCUT2D eigenvalue weighted by molar-refractivity contribution is -0.146. The average Bonchev–Trinajstić information content (AvgIpc) is 3.37. The summed E-state index contributed by atoms with van der Waals surface area (Å²) in [4.78, 5) is 37.7. The molecule has 0 saturated carbocycles. The topological polar surface area (TPSA) is 78.4 Å². The van der Waals surface area contributed by atoms with Crippen molar-refractivity contribution in [1.29, 1.82) is 0 Å². The van der Waals surface area contributed by atoms with Gasteiger partial charge in [0.05, 0.1) is 18.5 Å². The maximum atomic E-state index is 13.2. The molecule has 0 spiro atoms. The van der Waals surface area contributed by atoms with Gasteiger partial charge in [-0.15, -0.1) is 59.9 Å². The van der Waals surface area contributed by atoms with Gasteiger partial charge >= 0.3 is 0 Å². The molecule has 1 saturated heterocycles. The maximum absolute atomic E-state index is 13.2. The minimum absolute atomic E-state index is 0. The molecule has 1 fully saturated rings. The first-order valence-electron chi connectivity index (χ1n) is 8.47. The van der Waals surface area contributed by atoms with Crippen molar-refractivity contribution in [2.24, 2.45) is 5.41 Å². The Balaban J connectivity index is 0.00000261. The van der Waals surface area contributed by atoms with Crippen molar-refractivity contribution in [3.8, 4) is 0 Å². The highest BCUT2D eigenvalue weighted by Gasteiger charge is 2.45. The van der Waals surface area contributed by atoms with E-state index in [1.165, 1.54) is 22.7 Å². The van der Waals surface area contributed by atoms with Crippen LogP contribution in [-0.4, -0.2) is 58.8 Å². The van der Waals surface area contributed by atoms with Crippen LogP contribution in [0, 0.1) is 5.41 Å². The van der Waals surface area contributed by atoms with Crippen LogP contribution in [0.1, 0.15) is 22.9 Å². The monoisotopic (exact) mass is 501 g/mol. The second kappa shape index (κ2) is 12.7. The number of amides is 2. The number of hydrogen-bond acceptors (Lipinski definition) is 7. The lowest BCUT2D eigenvalue weighted by atomic mass is 9.81. The Bertz CT molecular complexity index is 740. The largest absolute Gasteiger partial charge is 0.339 e. The fraction of sp³-hybridized carbons (Fsp3) is 0.529. The summed E-state index contributed by atoms with van der Waals surface area (Å²) < 4.78 is 0. The van der Waals surface area contributed by atoms with Crippen molar-refractivity contribution in [3.05, 3.63) is 33.2 Å². The lowest BCUT2D eigenvalue weighted by Crippen LogP contribution is -2.46. The van der Waals surface area contributed by atoms with E-state index >= 15 is 0 Å². The van der Waals surface area contributed by atoms with Crippen LogP contribution in [0.2, 0.25) is 0 Å². The summed E-state index contributed by atoms with van der Waals surface area (Å²) in [5.74, 6) is -0.0198. The SMILES string of the molecule is CN(Cc1nccs1)C(=O)CC1(C(=O)N(C)Cc2nccs2)CCNC1.Cl.Cl.Cl. The molecule has 164 valence electrons. The molecule has 0 aliphatic carbocycles. The first kappa shape index (κ1) is 28.0. The Labute approximate surface area is 197 Å². The van der Waals surface area contributed by atoms with Gasteiger partial charge in [-0.2, -0.15) is 0 Å². The predicted molar refractivity (Wildman–Crippen MR) is 123 cm³/mol. The van der Waals surface area contributed by atoms with Gasteiger partial charge in [-0.1, -0.05) is 0 Å². The van der Waals surface area contributed by atoms with Gasteiger partial charge in [0, 0.05) is 50.2 Å². The molecule has 7 nitrogen and oxygen atoms in total. The number of halogens is 3. The van der Waals surface area contributed by atoms with Gasteiger partial charge in [0.1, 0.15) is 10.0 Å². The van der Waals surface area contributed by atoms with Crippen LogP contribution in [0.4, 0.5) is 0 Å². The molecular formula is C17H26Cl3N5O2S2. The van der Waals surface area contributed by atoms with E-state index in [1.807, 2.05) is 10.8 Å². The van der Waals surface area contributed by atoms with Gasteiger partial charge in [0.2, 0.25) is 11.8 Å². The first-order chi connectivity index (χ1) is 12.5. The van der Waals surface area contributed by atoms with E-state index in [0.29, 0.717) is 26.1 Å². The van der Waals surface area contributed by atoms with E-state index in [-0.39, 0.29) is 55.5 Å². The number of aromatic nitrogens is 2. The predicted octanol–water partition coefficient (Wildman–Crippen LogP) is 2.85. The summed E-state index contributed by atoms with van der Waals surface area (Å²) in [6.07, 6.45) is 4.36. The Morgan fingerprint density at radius 3 is 2.03 bits per heavy atom. The smallest absolute Gasteiger partial charge is 0.230 e. The molecule has 0 bridgehead atoms. The molecule has 2 aromatic rings. The normalized spacial score (nSPS) is 17.4. The number of carbonyl (C=O) groups excluding carboxylic acids is 2. The van der Waals surface area contributed by atoms with Crippen molar-refractivity contribution in [1.82, 2.24) is 25.1 Å². The second-order valence-electron chi connectivity index (χ2n) is 6.65. The number of hydrogen-bond donors (Lipinski definition) is 1. The average molecular weight is 503 g/mol. The molecule has 1 N–H and O–H groups in total. The summed E-state index contributed by atoms with van der Waals surface area (Å²) >= 11 is 3.05. The standard InChI is InChI=1S/C17H23N5O2S2.3ClH/c1-21(10-13-19-5-7-25-13)15(23)9-17(3-4-18-12-17)16(24)22(2)11-14-20-6-8-26-14;;;/h5-8,18H,3-4,9-12H2,1-2H3;3*1H. The summed E-state index contributed by atoms with van der Waals surface area (Å²) in [5, 5.41) is 8.84. The molecule has 2 amide bonds. The Morgan fingerprint density at radius 2 is 1.59 bits per heavy atom. The van der Waals surface area contributed by atoms with Crippen molar-refractivity contribution in [2.75, 3.05) is 27.2 Å². The fourth-order valence-electron chi connectivity index (χ4n) is 3.21. The van der Waals surface area contributed by atoms with Crippen molar-refractivity contribution in [2.45, 2.75) is 25.9 Å². The molecule has 0 aromatic carbocycles. The van der Waals surface area contributed by atoms with Crippen LogP contribution in [0.25, 0.3) is 0 Å². The zero-order valence-electron chi connectivity index (χ0n) is 16.2. The van der Waals surface area contributed by atoms with Crippen LogP contribution in [0.15, 0.2) is 23.2 Å². The van der Waals surface area contributed by atoms with Gasteiger partial charge in [-0.25, -0.2) is 9.97 Å². The van der Waals surface area contributed by atoms with Crippen molar-refractivity contribution >= 4 is 71.7 Å². The van der Waals surface area contributed by atoms with E-state index < -0.39 is 5.41 Å². The first-order valence-corrected chi connectivity index (χ1v) is 10.2. The van der Waals surface area contributed by atoms with Crippen LogP contribution >= 0.6 is 59.9 Å². The molecule has 0 radical (unpaired) electrons. The van der Waals surface area contributed by atoms with Gasteiger partial charge in [0.25, 0.3) is 0 Å². The lowest BCUT2D eigenvalue weighted by Gasteiger charge is -2.32. The molecule has 12 heteroatoms. The zero-order chi connectivity index (χ0) is 18.6.